The number of amides is 2. The van der Waals surface area contributed by atoms with Gasteiger partial charge in [-0.2, -0.15) is 0 Å². The van der Waals surface area contributed by atoms with Crippen LogP contribution < -0.4 is 14.4 Å². The number of Topliss-reactive ketones (excluding diaryl/α,β-unsaturated/α-hetero) is 1. The highest BCUT2D eigenvalue weighted by Gasteiger charge is 2.31. The van der Waals surface area contributed by atoms with Crippen molar-refractivity contribution in [1.29, 1.82) is 0 Å². The van der Waals surface area contributed by atoms with Crippen molar-refractivity contribution in [3.8, 4) is 11.5 Å². The van der Waals surface area contributed by atoms with Crippen molar-refractivity contribution in [2.45, 2.75) is 39.2 Å². The Bertz CT molecular complexity index is 1090. The average molecular weight is 471 g/mol. The monoisotopic (exact) mass is 470 g/mol. The van der Waals surface area contributed by atoms with Crippen LogP contribution in [0.4, 0.5) is 5.69 Å². The van der Waals surface area contributed by atoms with Crippen LogP contribution in [0.2, 0.25) is 5.02 Å². The Morgan fingerprint density at radius 1 is 1.18 bits per heavy atom. The summed E-state index contributed by atoms with van der Waals surface area (Å²) < 4.78 is 11.2. The fraction of sp³-hybridized carbons (Fsp3) is 0.400. The molecule has 0 radical (unpaired) electrons. The third-order valence-corrected chi connectivity index (χ3v) is 6.56. The molecular formula is C25H27ClN2O5. The summed E-state index contributed by atoms with van der Waals surface area (Å²) in [5.74, 6) is 0.364. The van der Waals surface area contributed by atoms with Crippen molar-refractivity contribution < 1.29 is 23.9 Å². The van der Waals surface area contributed by atoms with E-state index in [2.05, 4.69) is 0 Å². The molecule has 4 rings (SSSR count). The van der Waals surface area contributed by atoms with Gasteiger partial charge in [-0.1, -0.05) is 11.6 Å². The van der Waals surface area contributed by atoms with Crippen LogP contribution in [0.3, 0.4) is 0 Å². The lowest BCUT2D eigenvalue weighted by atomic mass is 10.0. The summed E-state index contributed by atoms with van der Waals surface area (Å²) in [6, 6.07) is 10.2. The van der Waals surface area contributed by atoms with E-state index in [4.69, 9.17) is 21.1 Å². The lowest BCUT2D eigenvalue weighted by molar-refractivity contribution is -0.134. The maximum atomic E-state index is 13.0. The minimum Gasteiger partial charge on any atom is -0.485 e. The molecule has 8 heteroatoms. The number of benzene rings is 2. The van der Waals surface area contributed by atoms with Crippen molar-refractivity contribution >= 4 is 34.9 Å². The maximum absolute atomic E-state index is 13.0. The number of rotatable bonds is 6. The Morgan fingerprint density at radius 3 is 2.76 bits per heavy atom. The molecule has 2 aliphatic heterocycles. The van der Waals surface area contributed by atoms with Crippen LogP contribution in [0, 0.1) is 6.92 Å². The van der Waals surface area contributed by atoms with Gasteiger partial charge >= 0.3 is 0 Å². The molecule has 2 aliphatic rings. The van der Waals surface area contributed by atoms with Crippen LogP contribution in [0.5, 0.6) is 11.5 Å². The average Bonchev–Trinajstić information content (AvgIpc) is 2.81. The molecular weight excluding hydrogens is 444 g/mol. The molecule has 0 N–H and O–H groups in total. The minimum absolute atomic E-state index is 0.0717. The highest BCUT2D eigenvalue weighted by Crippen LogP contribution is 2.33. The normalized spacial score (nSPS) is 17.9. The molecule has 1 fully saturated rings. The highest BCUT2D eigenvalue weighted by molar-refractivity contribution is 6.31. The summed E-state index contributed by atoms with van der Waals surface area (Å²) in [5, 5.41) is 0.626. The molecule has 0 aromatic heterocycles. The van der Waals surface area contributed by atoms with E-state index >= 15 is 0 Å². The zero-order valence-electron chi connectivity index (χ0n) is 18.8. The van der Waals surface area contributed by atoms with Crippen LogP contribution in [-0.2, 0) is 9.59 Å². The zero-order valence-corrected chi connectivity index (χ0v) is 19.6. The van der Waals surface area contributed by atoms with Gasteiger partial charge in [0.05, 0.1) is 5.69 Å². The summed E-state index contributed by atoms with van der Waals surface area (Å²) in [6.45, 7) is 4.22. The van der Waals surface area contributed by atoms with Gasteiger partial charge in [-0.25, -0.2) is 0 Å². The van der Waals surface area contributed by atoms with Gasteiger partial charge in [0.1, 0.15) is 18.0 Å². The fourth-order valence-corrected chi connectivity index (χ4v) is 4.30. The van der Waals surface area contributed by atoms with E-state index in [0.717, 1.165) is 24.8 Å². The van der Waals surface area contributed by atoms with Gasteiger partial charge in [0.15, 0.2) is 19.0 Å². The summed E-state index contributed by atoms with van der Waals surface area (Å²) in [4.78, 5) is 41.6. The van der Waals surface area contributed by atoms with Crippen LogP contribution >= 0.6 is 11.6 Å². The summed E-state index contributed by atoms with van der Waals surface area (Å²) in [5.41, 5.74) is 1.66. The Kier molecular flexibility index (Phi) is 6.88. The Labute approximate surface area is 198 Å². The van der Waals surface area contributed by atoms with E-state index in [1.807, 2.05) is 18.7 Å². The predicted molar refractivity (Wildman–Crippen MR) is 125 cm³/mol. The Morgan fingerprint density at radius 2 is 2.00 bits per heavy atom. The molecule has 0 saturated carbocycles. The molecule has 0 spiro atoms. The zero-order chi connectivity index (χ0) is 23.5. The van der Waals surface area contributed by atoms with Crippen molar-refractivity contribution in [2.24, 2.45) is 0 Å². The van der Waals surface area contributed by atoms with Crippen LogP contribution in [0.15, 0.2) is 36.4 Å². The number of fused-ring (bicyclic) bond motifs is 1. The molecule has 1 saturated heterocycles. The number of hydrogen-bond acceptors (Lipinski definition) is 5. The predicted octanol–water partition coefficient (Wildman–Crippen LogP) is 4.04. The van der Waals surface area contributed by atoms with Gasteiger partial charge in [0.25, 0.3) is 5.91 Å². The molecule has 0 aliphatic carbocycles. The van der Waals surface area contributed by atoms with Gasteiger partial charge in [-0.3, -0.25) is 19.3 Å². The summed E-state index contributed by atoms with van der Waals surface area (Å²) in [7, 11) is 0. The molecule has 2 aromatic carbocycles. The van der Waals surface area contributed by atoms with Gasteiger partial charge in [0.2, 0.25) is 5.91 Å². The Hall–Kier alpha value is -3.06. The van der Waals surface area contributed by atoms with E-state index in [9.17, 15) is 14.4 Å². The number of nitrogens with zero attached hydrogens (tertiary/aromatic N) is 2. The largest absolute Gasteiger partial charge is 0.485 e. The van der Waals surface area contributed by atoms with Crippen LogP contribution in [0.1, 0.15) is 42.1 Å². The van der Waals surface area contributed by atoms with Crippen molar-refractivity contribution in [3.63, 3.8) is 0 Å². The van der Waals surface area contributed by atoms with Crippen LogP contribution in [0.25, 0.3) is 0 Å². The van der Waals surface area contributed by atoms with Gasteiger partial charge < -0.3 is 14.4 Å². The smallest absolute Gasteiger partial charge is 0.265 e. The SMILES string of the molecule is Cc1cc(OCC(=O)c2ccc3c(c2)N(CC(=O)N2CCCC[C@H]2C)C(=O)CO3)ccc1Cl. The topological polar surface area (TPSA) is 76.2 Å². The number of piperidine rings is 1. The molecule has 2 heterocycles. The van der Waals surface area contributed by atoms with E-state index in [1.165, 1.54) is 4.90 Å². The Balaban J connectivity index is 1.49. The maximum Gasteiger partial charge on any atom is 0.265 e. The first kappa shape index (κ1) is 23.1. The van der Waals surface area contributed by atoms with E-state index < -0.39 is 0 Å². The van der Waals surface area contributed by atoms with Gasteiger partial charge in [0, 0.05) is 23.2 Å². The minimum atomic E-state index is -0.307. The molecule has 2 amide bonds. The number of ether oxygens (including phenoxy) is 2. The van der Waals surface area contributed by atoms with Crippen molar-refractivity contribution in [2.75, 3.05) is 31.2 Å². The number of hydrogen-bond donors (Lipinski definition) is 0. The van der Waals surface area contributed by atoms with Gasteiger partial charge in [-0.15, -0.1) is 0 Å². The van der Waals surface area contributed by atoms with Crippen molar-refractivity contribution in [3.05, 3.63) is 52.5 Å². The molecule has 0 bridgehead atoms. The quantitative estimate of drug-likeness (QED) is 0.595. The molecule has 2 aromatic rings. The number of anilines is 1. The first-order valence-electron chi connectivity index (χ1n) is 11.1. The summed E-state index contributed by atoms with van der Waals surface area (Å²) in [6.07, 6.45) is 3.04. The first-order chi connectivity index (χ1) is 15.8. The molecule has 33 heavy (non-hydrogen) atoms. The standard InChI is InChI=1S/C25H27ClN2O5/c1-16-11-19(7-8-20(16)26)32-14-22(29)18-6-9-23-21(12-18)28(25(31)15-33-23)13-24(30)27-10-4-3-5-17(27)2/h6-9,11-12,17H,3-5,10,13-15H2,1-2H3/t17-/m1/s1. The van der Waals surface area contributed by atoms with Crippen LogP contribution in [-0.4, -0.2) is 54.8 Å². The number of carbonyl (C=O) groups is 3. The van der Waals surface area contributed by atoms with E-state index in [1.54, 1.807) is 36.4 Å². The number of carbonyl (C=O) groups excluding carboxylic acids is 3. The number of halogens is 1. The molecule has 7 nitrogen and oxygen atoms in total. The third-order valence-electron chi connectivity index (χ3n) is 6.14. The van der Waals surface area contributed by atoms with E-state index in [0.29, 0.717) is 34.3 Å². The second-order valence-electron chi connectivity index (χ2n) is 8.51. The molecule has 0 unspecified atom stereocenters. The second kappa shape index (κ2) is 9.83. The lowest BCUT2D eigenvalue weighted by Gasteiger charge is -2.36. The molecule has 174 valence electrons. The first-order valence-corrected chi connectivity index (χ1v) is 11.5. The molecule has 1 atom stereocenters. The van der Waals surface area contributed by atoms with E-state index in [-0.39, 0.29) is 43.4 Å². The second-order valence-corrected chi connectivity index (χ2v) is 8.91. The number of likely N-dealkylation sites (tertiary alicyclic amines) is 1. The fourth-order valence-electron chi connectivity index (χ4n) is 4.18. The number of ketones is 1. The van der Waals surface area contributed by atoms with Crippen molar-refractivity contribution in [1.82, 2.24) is 4.90 Å². The summed E-state index contributed by atoms with van der Waals surface area (Å²) >= 11 is 6.03. The number of aryl methyl sites for hydroxylation is 1. The third kappa shape index (κ3) is 5.14. The highest BCUT2D eigenvalue weighted by atomic mass is 35.5. The lowest BCUT2D eigenvalue weighted by Crippen LogP contribution is -2.50. The van der Waals surface area contributed by atoms with Gasteiger partial charge in [-0.05, 0) is 75.1 Å².